The molecule has 100 valence electrons. The van der Waals surface area contributed by atoms with E-state index in [1.807, 2.05) is 19.1 Å². The average Bonchev–Trinajstić information content (AvgIpc) is 2.31. The summed E-state index contributed by atoms with van der Waals surface area (Å²) in [5, 5.41) is 0.923. The summed E-state index contributed by atoms with van der Waals surface area (Å²) >= 11 is 12.2. The highest BCUT2D eigenvalue weighted by molar-refractivity contribution is 6.43. The van der Waals surface area contributed by atoms with E-state index in [2.05, 4.69) is 23.8 Å². The maximum absolute atomic E-state index is 6.18. The van der Waals surface area contributed by atoms with Crippen LogP contribution in [0.25, 0.3) is 11.4 Å². The number of hydrogen-bond donors (Lipinski definition) is 1. The molecule has 0 aliphatic rings. The molecule has 0 aliphatic carbocycles. The molecule has 2 aromatic rings. The van der Waals surface area contributed by atoms with Gasteiger partial charge in [-0.05, 0) is 25.0 Å². The standard InChI is InChI=1S/C14H15Cl2N3/c1-7(2)11-8(3)18-14(19-13(11)17)9-5-4-6-10(15)12(9)16/h4-7H,1-3H3,(H2,17,18,19). The van der Waals surface area contributed by atoms with Crippen molar-refractivity contribution in [2.45, 2.75) is 26.7 Å². The Bertz CT molecular complexity index is 601. The second kappa shape index (κ2) is 5.35. The van der Waals surface area contributed by atoms with Crippen molar-refractivity contribution in [3.63, 3.8) is 0 Å². The number of nitrogens with zero attached hydrogens (tertiary/aromatic N) is 2. The van der Waals surface area contributed by atoms with E-state index in [-0.39, 0.29) is 5.92 Å². The second-order valence-electron chi connectivity index (χ2n) is 4.69. The quantitative estimate of drug-likeness (QED) is 0.889. The third kappa shape index (κ3) is 2.67. The molecule has 19 heavy (non-hydrogen) atoms. The molecule has 0 atom stereocenters. The molecule has 0 saturated carbocycles. The van der Waals surface area contributed by atoms with E-state index in [0.717, 1.165) is 11.3 Å². The first-order valence-electron chi connectivity index (χ1n) is 6.00. The Kier molecular flexibility index (Phi) is 3.97. The third-order valence-corrected chi connectivity index (χ3v) is 3.75. The lowest BCUT2D eigenvalue weighted by atomic mass is 10.0. The normalized spacial score (nSPS) is 11.1. The number of nitrogens with two attached hydrogens (primary N) is 1. The lowest BCUT2D eigenvalue weighted by molar-refractivity contribution is 0.836. The van der Waals surface area contributed by atoms with Gasteiger partial charge in [-0.1, -0.05) is 43.1 Å². The molecule has 0 radical (unpaired) electrons. The highest BCUT2D eigenvalue weighted by Crippen LogP contribution is 2.33. The Morgan fingerprint density at radius 2 is 1.84 bits per heavy atom. The van der Waals surface area contributed by atoms with Gasteiger partial charge < -0.3 is 5.73 Å². The van der Waals surface area contributed by atoms with Crippen LogP contribution in [0.1, 0.15) is 31.0 Å². The van der Waals surface area contributed by atoms with Crippen LogP contribution in [-0.2, 0) is 0 Å². The van der Waals surface area contributed by atoms with Crippen LogP contribution in [0, 0.1) is 6.92 Å². The molecule has 0 spiro atoms. The monoisotopic (exact) mass is 295 g/mol. The number of aryl methyl sites for hydroxylation is 1. The molecule has 0 aliphatic heterocycles. The number of rotatable bonds is 2. The van der Waals surface area contributed by atoms with E-state index < -0.39 is 0 Å². The van der Waals surface area contributed by atoms with Crippen molar-refractivity contribution in [1.82, 2.24) is 9.97 Å². The van der Waals surface area contributed by atoms with Gasteiger partial charge in [0.1, 0.15) is 5.82 Å². The van der Waals surface area contributed by atoms with Gasteiger partial charge in [0.05, 0.1) is 10.0 Å². The van der Waals surface area contributed by atoms with E-state index in [1.165, 1.54) is 0 Å². The molecular formula is C14H15Cl2N3. The first kappa shape index (κ1) is 14.1. The zero-order chi connectivity index (χ0) is 14.2. The van der Waals surface area contributed by atoms with Crippen molar-refractivity contribution in [2.24, 2.45) is 0 Å². The van der Waals surface area contributed by atoms with Crippen molar-refractivity contribution in [3.8, 4) is 11.4 Å². The van der Waals surface area contributed by atoms with Gasteiger partial charge in [0.15, 0.2) is 5.82 Å². The van der Waals surface area contributed by atoms with Crippen LogP contribution in [0.5, 0.6) is 0 Å². The summed E-state index contributed by atoms with van der Waals surface area (Å²) in [5.41, 5.74) is 8.56. The molecule has 1 aromatic carbocycles. The van der Waals surface area contributed by atoms with Gasteiger partial charge in [-0.25, -0.2) is 9.97 Å². The summed E-state index contributed by atoms with van der Waals surface area (Å²) in [6.07, 6.45) is 0. The first-order chi connectivity index (χ1) is 8.91. The predicted octanol–water partition coefficient (Wildman–Crippen LogP) is 4.46. The zero-order valence-corrected chi connectivity index (χ0v) is 12.5. The van der Waals surface area contributed by atoms with E-state index in [9.17, 15) is 0 Å². The minimum absolute atomic E-state index is 0.281. The Morgan fingerprint density at radius 3 is 2.42 bits per heavy atom. The minimum Gasteiger partial charge on any atom is -0.383 e. The van der Waals surface area contributed by atoms with Crippen LogP contribution in [0.4, 0.5) is 5.82 Å². The molecule has 3 nitrogen and oxygen atoms in total. The third-order valence-electron chi connectivity index (χ3n) is 2.94. The largest absolute Gasteiger partial charge is 0.383 e. The van der Waals surface area contributed by atoms with Crippen LogP contribution in [0.2, 0.25) is 10.0 Å². The van der Waals surface area contributed by atoms with E-state index >= 15 is 0 Å². The molecule has 5 heteroatoms. The van der Waals surface area contributed by atoms with Gasteiger partial charge in [0.2, 0.25) is 0 Å². The number of aromatic nitrogens is 2. The summed E-state index contributed by atoms with van der Waals surface area (Å²) in [5.74, 6) is 1.28. The number of hydrogen-bond acceptors (Lipinski definition) is 3. The van der Waals surface area contributed by atoms with Crippen LogP contribution < -0.4 is 5.73 Å². The minimum atomic E-state index is 0.281. The fraction of sp³-hybridized carbons (Fsp3) is 0.286. The lowest BCUT2D eigenvalue weighted by Gasteiger charge is -2.14. The molecule has 2 rings (SSSR count). The predicted molar refractivity (Wildman–Crippen MR) is 80.7 cm³/mol. The summed E-state index contributed by atoms with van der Waals surface area (Å²) in [7, 11) is 0. The molecule has 1 aromatic heterocycles. The number of anilines is 1. The SMILES string of the molecule is Cc1nc(-c2cccc(Cl)c2Cl)nc(N)c1C(C)C. The second-order valence-corrected chi connectivity index (χ2v) is 5.47. The first-order valence-corrected chi connectivity index (χ1v) is 6.75. The van der Waals surface area contributed by atoms with E-state index in [4.69, 9.17) is 28.9 Å². The summed E-state index contributed by atoms with van der Waals surface area (Å²) in [6.45, 7) is 6.05. The van der Waals surface area contributed by atoms with Crippen molar-refractivity contribution >= 4 is 29.0 Å². The molecule has 0 amide bonds. The summed E-state index contributed by atoms with van der Waals surface area (Å²) in [4.78, 5) is 8.84. The smallest absolute Gasteiger partial charge is 0.163 e. The molecule has 2 N–H and O–H groups in total. The summed E-state index contributed by atoms with van der Waals surface area (Å²) < 4.78 is 0. The fourth-order valence-corrected chi connectivity index (χ4v) is 2.50. The Hall–Kier alpha value is -1.32. The van der Waals surface area contributed by atoms with Gasteiger partial charge in [-0.2, -0.15) is 0 Å². The molecule has 0 unspecified atom stereocenters. The van der Waals surface area contributed by atoms with Crippen molar-refractivity contribution < 1.29 is 0 Å². The molecule has 0 saturated heterocycles. The lowest BCUT2D eigenvalue weighted by Crippen LogP contribution is -2.06. The van der Waals surface area contributed by atoms with Crippen LogP contribution >= 0.6 is 23.2 Å². The Labute approximate surface area is 122 Å². The maximum Gasteiger partial charge on any atom is 0.163 e. The topological polar surface area (TPSA) is 51.8 Å². The zero-order valence-electron chi connectivity index (χ0n) is 11.0. The summed E-state index contributed by atoms with van der Waals surface area (Å²) in [6, 6.07) is 5.37. The average molecular weight is 296 g/mol. The highest BCUT2D eigenvalue weighted by Gasteiger charge is 2.15. The van der Waals surface area contributed by atoms with Crippen LogP contribution in [0.3, 0.4) is 0 Å². The highest BCUT2D eigenvalue weighted by atomic mass is 35.5. The number of benzene rings is 1. The van der Waals surface area contributed by atoms with Gasteiger partial charge >= 0.3 is 0 Å². The van der Waals surface area contributed by atoms with Crippen molar-refractivity contribution in [2.75, 3.05) is 5.73 Å². The molecule has 1 heterocycles. The van der Waals surface area contributed by atoms with Gasteiger partial charge in [-0.3, -0.25) is 0 Å². The van der Waals surface area contributed by atoms with Crippen molar-refractivity contribution in [1.29, 1.82) is 0 Å². The molecular weight excluding hydrogens is 281 g/mol. The van der Waals surface area contributed by atoms with Gasteiger partial charge in [0, 0.05) is 16.8 Å². The number of nitrogen functional groups attached to an aromatic ring is 1. The molecule has 0 bridgehead atoms. The van der Waals surface area contributed by atoms with Gasteiger partial charge in [-0.15, -0.1) is 0 Å². The number of halogens is 2. The van der Waals surface area contributed by atoms with Crippen LogP contribution in [-0.4, -0.2) is 9.97 Å². The maximum atomic E-state index is 6.18. The molecule has 0 fully saturated rings. The van der Waals surface area contributed by atoms with Crippen molar-refractivity contribution in [3.05, 3.63) is 39.5 Å². The fourth-order valence-electron chi connectivity index (χ4n) is 2.11. The Morgan fingerprint density at radius 1 is 1.16 bits per heavy atom. The van der Waals surface area contributed by atoms with Gasteiger partial charge in [0.25, 0.3) is 0 Å². The van der Waals surface area contributed by atoms with E-state index in [0.29, 0.717) is 27.3 Å². The van der Waals surface area contributed by atoms with Crippen LogP contribution in [0.15, 0.2) is 18.2 Å². The Balaban J connectivity index is 2.62. The van der Waals surface area contributed by atoms with E-state index in [1.54, 1.807) is 6.07 Å².